The minimum Gasteiger partial charge on any atom is -0.497 e. The van der Waals surface area contributed by atoms with Gasteiger partial charge in [-0.15, -0.1) is 10.2 Å². The molecular weight excluding hydrogens is 352 g/mol. The summed E-state index contributed by atoms with van der Waals surface area (Å²) in [4.78, 5) is 26.8. The highest BCUT2D eigenvalue weighted by molar-refractivity contribution is 7.15. The van der Waals surface area contributed by atoms with Crippen molar-refractivity contribution >= 4 is 28.3 Å². The van der Waals surface area contributed by atoms with Gasteiger partial charge in [-0.3, -0.25) is 9.59 Å². The van der Waals surface area contributed by atoms with Crippen molar-refractivity contribution in [3.63, 3.8) is 0 Å². The van der Waals surface area contributed by atoms with Crippen LogP contribution in [0.15, 0.2) is 24.3 Å². The summed E-state index contributed by atoms with van der Waals surface area (Å²) in [5, 5.41) is 12.5. The van der Waals surface area contributed by atoms with Crippen LogP contribution in [0.3, 0.4) is 0 Å². The highest BCUT2D eigenvalue weighted by Gasteiger charge is 2.43. The first-order chi connectivity index (χ1) is 12.6. The quantitative estimate of drug-likeness (QED) is 0.872. The van der Waals surface area contributed by atoms with Gasteiger partial charge in [-0.05, 0) is 30.5 Å². The first-order valence-corrected chi connectivity index (χ1v) is 9.42. The fraction of sp³-hybridized carbons (Fsp3) is 0.444. The minimum absolute atomic E-state index is 0.0473. The summed E-state index contributed by atoms with van der Waals surface area (Å²) in [6.45, 7) is 0. The van der Waals surface area contributed by atoms with E-state index in [1.807, 2.05) is 24.3 Å². The van der Waals surface area contributed by atoms with Crippen molar-refractivity contribution in [2.75, 3.05) is 19.5 Å². The van der Waals surface area contributed by atoms with E-state index in [-0.39, 0.29) is 24.3 Å². The Hall–Kier alpha value is -2.48. The van der Waals surface area contributed by atoms with Gasteiger partial charge in [0.2, 0.25) is 16.9 Å². The second kappa shape index (κ2) is 6.68. The van der Waals surface area contributed by atoms with Gasteiger partial charge in [0, 0.05) is 19.4 Å². The molecule has 1 aliphatic carbocycles. The fourth-order valence-electron chi connectivity index (χ4n) is 3.36. The van der Waals surface area contributed by atoms with Crippen molar-refractivity contribution < 1.29 is 14.3 Å². The molecule has 8 heteroatoms. The molecule has 1 aromatic heterocycles. The van der Waals surface area contributed by atoms with Gasteiger partial charge < -0.3 is 15.0 Å². The van der Waals surface area contributed by atoms with Gasteiger partial charge in [0.15, 0.2) is 0 Å². The summed E-state index contributed by atoms with van der Waals surface area (Å²) in [5.41, 5.74) is 0.883. The number of likely N-dealkylation sites (tertiary alicyclic amines) is 1. The summed E-state index contributed by atoms with van der Waals surface area (Å²) < 4.78 is 5.28. The van der Waals surface area contributed by atoms with E-state index in [0.717, 1.165) is 23.4 Å². The number of carbonyl (C=O) groups is 2. The molecule has 2 fully saturated rings. The first kappa shape index (κ1) is 17.0. The molecule has 2 atom stereocenters. The van der Waals surface area contributed by atoms with E-state index in [1.54, 1.807) is 19.1 Å². The van der Waals surface area contributed by atoms with Gasteiger partial charge >= 0.3 is 0 Å². The number of benzene rings is 1. The van der Waals surface area contributed by atoms with Gasteiger partial charge in [0.1, 0.15) is 10.8 Å². The van der Waals surface area contributed by atoms with E-state index in [9.17, 15) is 9.59 Å². The van der Waals surface area contributed by atoms with Gasteiger partial charge in [-0.25, -0.2) is 0 Å². The van der Waals surface area contributed by atoms with E-state index < -0.39 is 5.92 Å². The van der Waals surface area contributed by atoms with Crippen LogP contribution >= 0.6 is 11.3 Å². The van der Waals surface area contributed by atoms with E-state index in [4.69, 9.17) is 4.74 Å². The van der Waals surface area contributed by atoms with Crippen LogP contribution in [-0.4, -0.2) is 41.1 Å². The van der Waals surface area contributed by atoms with Crippen LogP contribution in [0.5, 0.6) is 5.75 Å². The molecule has 1 aromatic carbocycles. The molecule has 7 nitrogen and oxygen atoms in total. The Kier molecular flexibility index (Phi) is 4.36. The third kappa shape index (κ3) is 3.16. The monoisotopic (exact) mass is 372 g/mol. The first-order valence-electron chi connectivity index (χ1n) is 8.60. The molecule has 1 saturated heterocycles. The molecule has 2 heterocycles. The lowest BCUT2D eigenvalue weighted by Crippen LogP contribution is -2.30. The molecule has 0 spiro atoms. The van der Waals surface area contributed by atoms with Crippen LogP contribution in [0.2, 0.25) is 0 Å². The summed E-state index contributed by atoms with van der Waals surface area (Å²) in [5.74, 6) is 0.477. The fourth-order valence-corrected chi connectivity index (χ4v) is 4.28. The van der Waals surface area contributed by atoms with Crippen LogP contribution in [0.1, 0.15) is 41.8 Å². The number of nitrogens with zero attached hydrogens (tertiary/aromatic N) is 3. The zero-order chi connectivity index (χ0) is 18.3. The smallest absolute Gasteiger partial charge is 0.232 e. The lowest BCUT2D eigenvalue weighted by Gasteiger charge is -2.25. The largest absolute Gasteiger partial charge is 0.497 e. The Morgan fingerprint density at radius 3 is 2.88 bits per heavy atom. The summed E-state index contributed by atoms with van der Waals surface area (Å²) in [7, 11) is 3.33. The number of methoxy groups -OCH3 is 1. The van der Waals surface area contributed by atoms with Crippen LogP contribution in [0.25, 0.3) is 0 Å². The molecule has 136 valence electrons. The molecule has 0 bridgehead atoms. The minimum atomic E-state index is -0.479. The number of ether oxygens (including phenoxy) is 1. The van der Waals surface area contributed by atoms with E-state index in [2.05, 4.69) is 15.5 Å². The van der Waals surface area contributed by atoms with Crippen LogP contribution < -0.4 is 10.1 Å². The van der Waals surface area contributed by atoms with E-state index >= 15 is 0 Å². The maximum atomic E-state index is 12.9. The molecule has 0 radical (unpaired) electrons. The SMILES string of the molecule is COc1cccc(C2C(C(=O)Nc3nnc(C4CC4)s3)CC(=O)N2C)c1. The summed E-state index contributed by atoms with van der Waals surface area (Å²) in [6.07, 6.45) is 2.46. The Morgan fingerprint density at radius 1 is 1.35 bits per heavy atom. The molecule has 1 saturated carbocycles. The second-order valence-corrected chi connectivity index (χ2v) is 7.75. The number of nitrogens with one attached hydrogen (secondary N) is 1. The molecule has 2 aliphatic rings. The topological polar surface area (TPSA) is 84.4 Å². The standard InChI is InChI=1S/C18H20N4O3S/c1-22-14(23)9-13(15(22)11-4-3-5-12(8-11)25-2)16(24)19-18-21-20-17(26-18)10-6-7-10/h3-5,8,10,13,15H,6-7,9H2,1-2H3,(H,19,21,24). The van der Waals surface area contributed by atoms with E-state index in [0.29, 0.717) is 16.8 Å². The zero-order valence-electron chi connectivity index (χ0n) is 14.6. The van der Waals surface area contributed by atoms with Crippen molar-refractivity contribution in [3.8, 4) is 5.75 Å². The van der Waals surface area contributed by atoms with Gasteiger partial charge in [-0.1, -0.05) is 23.5 Å². The maximum Gasteiger partial charge on any atom is 0.232 e. The van der Waals surface area contributed by atoms with Crippen LogP contribution in [0.4, 0.5) is 5.13 Å². The van der Waals surface area contributed by atoms with Crippen LogP contribution in [-0.2, 0) is 9.59 Å². The van der Waals surface area contributed by atoms with Crippen molar-refractivity contribution in [2.24, 2.45) is 5.92 Å². The number of carbonyl (C=O) groups excluding carboxylic acids is 2. The number of aromatic nitrogens is 2. The second-order valence-electron chi connectivity index (χ2n) is 6.75. The Labute approximate surface area is 155 Å². The molecule has 26 heavy (non-hydrogen) atoms. The third-order valence-electron chi connectivity index (χ3n) is 4.96. The Balaban J connectivity index is 1.55. The molecule has 4 rings (SSSR count). The summed E-state index contributed by atoms with van der Waals surface area (Å²) >= 11 is 1.42. The van der Waals surface area contributed by atoms with Crippen molar-refractivity contribution in [1.82, 2.24) is 15.1 Å². The molecule has 2 amide bonds. The van der Waals surface area contributed by atoms with Crippen molar-refractivity contribution in [2.45, 2.75) is 31.2 Å². The van der Waals surface area contributed by atoms with Crippen LogP contribution in [0, 0.1) is 5.92 Å². The highest BCUT2D eigenvalue weighted by Crippen LogP contribution is 2.43. The molecular formula is C18H20N4O3S. The molecule has 1 N–H and O–H groups in total. The van der Waals surface area contributed by atoms with Gasteiger partial charge in [0.25, 0.3) is 0 Å². The number of hydrogen-bond acceptors (Lipinski definition) is 6. The van der Waals surface area contributed by atoms with E-state index in [1.165, 1.54) is 11.3 Å². The van der Waals surface area contributed by atoms with Crippen molar-refractivity contribution in [1.29, 1.82) is 0 Å². The van der Waals surface area contributed by atoms with Gasteiger partial charge in [-0.2, -0.15) is 0 Å². The number of rotatable bonds is 5. The molecule has 2 unspecified atom stereocenters. The summed E-state index contributed by atoms with van der Waals surface area (Å²) in [6, 6.07) is 7.17. The normalized spacial score (nSPS) is 22.5. The predicted molar refractivity (Wildman–Crippen MR) is 97.1 cm³/mol. The molecule has 1 aliphatic heterocycles. The maximum absolute atomic E-state index is 12.9. The zero-order valence-corrected chi connectivity index (χ0v) is 15.5. The average molecular weight is 372 g/mol. The van der Waals surface area contributed by atoms with Crippen molar-refractivity contribution in [3.05, 3.63) is 34.8 Å². The Morgan fingerprint density at radius 2 is 2.15 bits per heavy atom. The number of anilines is 1. The average Bonchev–Trinajstić information content (AvgIpc) is 3.32. The lowest BCUT2D eigenvalue weighted by molar-refractivity contribution is -0.127. The lowest BCUT2D eigenvalue weighted by atomic mass is 9.93. The number of hydrogen-bond donors (Lipinski definition) is 1. The highest BCUT2D eigenvalue weighted by atomic mass is 32.1. The number of amides is 2. The third-order valence-corrected chi connectivity index (χ3v) is 5.96. The molecule has 2 aromatic rings. The predicted octanol–water partition coefficient (Wildman–Crippen LogP) is 2.58. The Bertz CT molecular complexity index is 848. The van der Waals surface area contributed by atoms with Gasteiger partial charge in [0.05, 0.1) is 19.1 Å².